The van der Waals surface area contributed by atoms with Gasteiger partial charge < -0.3 is 10.0 Å². The number of carbonyl (C=O) groups is 1. The van der Waals surface area contributed by atoms with E-state index in [1.54, 1.807) is 4.90 Å². The molecule has 17 heavy (non-hydrogen) atoms. The Balaban J connectivity index is 2.56. The van der Waals surface area contributed by atoms with Gasteiger partial charge in [0.05, 0.1) is 6.61 Å². The molecular weight excluding hydrogens is 234 g/mol. The van der Waals surface area contributed by atoms with E-state index in [0.717, 1.165) is 12.0 Å². The molecule has 1 rings (SSSR count). The molecular formula is C13H19NO2S. The summed E-state index contributed by atoms with van der Waals surface area (Å²) >= 11 is 4.09. The third-order valence-electron chi connectivity index (χ3n) is 2.49. The SMILES string of the molecule is O=C(CCCS)N(CCO)Cc1ccccc1. The van der Waals surface area contributed by atoms with Crippen LogP contribution in [0.5, 0.6) is 0 Å². The third-order valence-corrected chi connectivity index (χ3v) is 2.80. The molecule has 1 aromatic rings. The fourth-order valence-electron chi connectivity index (χ4n) is 1.60. The lowest BCUT2D eigenvalue weighted by atomic mass is 10.2. The largest absolute Gasteiger partial charge is 0.395 e. The zero-order valence-corrected chi connectivity index (χ0v) is 10.8. The van der Waals surface area contributed by atoms with Crippen LogP contribution in [-0.2, 0) is 11.3 Å². The van der Waals surface area contributed by atoms with Gasteiger partial charge in [-0.05, 0) is 17.7 Å². The van der Waals surface area contributed by atoms with Crippen LogP contribution >= 0.6 is 12.6 Å². The second-order valence-electron chi connectivity index (χ2n) is 3.85. The summed E-state index contributed by atoms with van der Waals surface area (Å²) in [5.41, 5.74) is 1.08. The van der Waals surface area contributed by atoms with Crippen LogP contribution in [0.15, 0.2) is 30.3 Å². The van der Waals surface area contributed by atoms with Crippen LogP contribution in [0.1, 0.15) is 18.4 Å². The minimum atomic E-state index is -0.000547. The predicted molar refractivity (Wildman–Crippen MR) is 72.0 cm³/mol. The lowest BCUT2D eigenvalue weighted by molar-refractivity contribution is -0.132. The van der Waals surface area contributed by atoms with E-state index in [1.807, 2.05) is 30.3 Å². The first-order valence-corrected chi connectivity index (χ1v) is 6.44. The average molecular weight is 253 g/mol. The fourth-order valence-corrected chi connectivity index (χ4v) is 1.76. The van der Waals surface area contributed by atoms with Crippen LogP contribution in [0.25, 0.3) is 0 Å². The van der Waals surface area contributed by atoms with Gasteiger partial charge in [-0.1, -0.05) is 30.3 Å². The number of nitrogens with zero attached hydrogens (tertiary/aromatic N) is 1. The Hall–Kier alpha value is -1.00. The maximum Gasteiger partial charge on any atom is 0.222 e. The molecule has 1 aromatic carbocycles. The van der Waals surface area contributed by atoms with Crippen molar-refractivity contribution in [3.63, 3.8) is 0 Å². The first-order chi connectivity index (χ1) is 8.27. The highest BCUT2D eigenvalue weighted by molar-refractivity contribution is 7.80. The van der Waals surface area contributed by atoms with Crippen LogP contribution in [0, 0.1) is 0 Å². The van der Waals surface area contributed by atoms with Crippen molar-refractivity contribution in [3.8, 4) is 0 Å². The molecule has 0 heterocycles. The van der Waals surface area contributed by atoms with Gasteiger partial charge in [-0.25, -0.2) is 0 Å². The Labute approximate surface area is 108 Å². The number of aliphatic hydroxyl groups is 1. The maximum absolute atomic E-state index is 11.9. The second kappa shape index (κ2) is 8.14. The maximum atomic E-state index is 11.9. The zero-order chi connectivity index (χ0) is 12.5. The van der Waals surface area contributed by atoms with Gasteiger partial charge in [0.1, 0.15) is 0 Å². The highest BCUT2D eigenvalue weighted by Gasteiger charge is 2.12. The topological polar surface area (TPSA) is 40.5 Å². The Morgan fingerprint density at radius 2 is 2.00 bits per heavy atom. The van der Waals surface area contributed by atoms with E-state index < -0.39 is 0 Å². The Kier molecular flexibility index (Phi) is 6.74. The van der Waals surface area contributed by atoms with Crippen molar-refractivity contribution < 1.29 is 9.90 Å². The molecule has 0 aromatic heterocycles. The van der Waals surface area contributed by atoms with Crippen molar-refractivity contribution in [2.45, 2.75) is 19.4 Å². The fraction of sp³-hybridized carbons (Fsp3) is 0.462. The van der Waals surface area contributed by atoms with Gasteiger partial charge in [0.25, 0.3) is 0 Å². The highest BCUT2D eigenvalue weighted by Crippen LogP contribution is 2.07. The molecule has 0 unspecified atom stereocenters. The quantitative estimate of drug-likeness (QED) is 0.726. The molecule has 1 N–H and O–H groups in total. The third kappa shape index (κ3) is 5.24. The molecule has 3 nitrogen and oxygen atoms in total. The van der Waals surface area contributed by atoms with Crippen molar-refractivity contribution in [2.24, 2.45) is 0 Å². The molecule has 94 valence electrons. The summed E-state index contributed by atoms with van der Waals surface area (Å²) < 4.78 is 0. The Morgan fingerprint density at radius 3 is 2.59 bits per heavy atom. The molecule has 0 spiro atoms. The van der Waals surface area contributed by atoms with E-state index in [9.17, 15) is 4.79 Å². The monoisotopic (exact) mass is 253 g/mol. The molecule has 4 heteroatoms. The Morgan fingerprint density at radius 1 is 1.29 bits per heavy atom. The molecule has 0 saturated heterocycles. The number of aliphatic hydroxyl groups excluding tert-OH is 1. The number of thiol groups is 1. The average Bonchev–Trinajstić information content (AvgIpc) is 2.36. The van der Waals surface area contributed by atoms with E-state index in [2.05, 4.69) is 12.6 Å². The molecule has 0 atom stereocenters. The van der Waals surface area contributed by atoms with E-state index in [0.29, 0.717) is 25.3 Å². The molecule has 0 saturated carbocycles. The van der Waals surface area contributed by atoms with Crippen LogP contribution in [0.3, 0.4) is 0 Å². The van der Waals surface area contributed by atoms with Crippen LogP contribution in [0.2, 0.25) is 0 Å². The van der Waals surface area contributed by atoms with E-state index in [-0.39, 0.29) is 12.5 Å². The van der Waals surface area contributed by atoms with Crippen LogP contribution in [-0.4, -0.2) is 34.8 Å². The summed E-state index contributed by atoms with van der Waals surface area (Å²) in [6.07, 6.45) is 1.27. The van der Waals surface area contributed by atoms with Gasteiger partial charge in [-0.3, -0.25) is 4.79 Å². The lowest BCUT2D eigenvalue weighted by Crippen LogP contribution is -2.32. The summed E-state index contributed by atoms with van der Waals surface area (Å²) in [4.78, 5) is 13.6. The Bertz CT molecular complexity index is 329. The molecule has 1 amide bonds. The molecule has 0 aliphatic carbocycles. The molecule has 0 bridgehead atoms. The van der Waals surface area contributed by atoms with Gasteiger partial charge >= 0.3 is 0 Å². The van der Waals surface area contributed by atoms with Gasteiger partial charge in [0.2, 0.25) is 5.91 Å². The van der Waals surface area contributed by atoms with Gasteiger partial charge in [0.15, 0.2) is 0 Å². The van der Waals surface area contributed by atoms with Crippen molar-refractivity contribution >= 4 is 18.5 Å². The van der Waals surface area contributed by atoms with Gasteiger partial charge in [-0.15, -0.1) is 0 Å². The summed E-state index contributed by atoms with van der Waals surface area (Å²) in [5.74, 6) is 0.793. The lowest BCUT2D eigenvalue weighted by Gasteiger charge is -2.21. The number of hydrogen-bond donors (Lipinski definition) is 2. The molecule has 0 aliphatic rings. The number of carbonyl (C=O) groups excluding carboxylic acids is 1. The smallest absolute Gasteiger partial charge is 0.222 e. The van der Waals surface area contributed by atoms with Crippen molar-refractivity contribution in [3.05, 3.63) is 35.9 Å². The van der Waals surface area contributed by atoms with Crippen LogP contribution in [0.4, 0.5) is 0 Å². The number of rotatable bonds is 7. The number of hydrogen-bond acceptors (Lipinski definition) is 3. The van der Waals surface area contributed by atoms with Gasteiger partial charge in [0, 0.05) is 19.5 Å². The molecule has 0 fully saturated rings. The molecule has 0 radical (unpaired) electrons. The predicted octanol–water partition coefficient (Wildman–Crippen LogP) is 1.72. The second-order valence-corrected chi connectivity index (χ2v) is 4.30. The highest BCUT2D eigenvalue weighted by atomic mass is 32.1. The minimum Gasteiger partial charge on any atom is -0.395 e. The summed E-state index contributed by atoms with van der Waals surface area (Å²) in [7, 11) is 0. The van der Waals surface area contributed by atoms with Crippen molar-refractivity contribution in [1.82, 2.24) is 4.90 Å². The summed E-state index contributed by atoms with van der Waals surface area (Å²) in [6.45, 7) is 0.951. The summed E-state index contributed by atoms with van der Waals surface area (Å²) in [5, 5.41) is 8.98. The normalized spacial score (nSPS) is 10.2. The van der Waals surface area contributed by atoms with Crippen LogP contribution < -0.4 is 0 Å². The number of benzene rings is 1. The summed E-state index contributed by atoms with van der Waals surface area (Å²) in [6, 6.07) is 9.81. The van der Waals surface area contributed by atoms with E-state index in [1.165, 1.54) is 0 Å². The first kappa shape index (κ1) is 14.1. The first-order valence-electron chi connectivity index (χ1n) is 5.81. The van der Waals surface area contributed by atoms with E-state index >= 15 is 0 Å². The standard InChI is InChI=1S/C13H19NO2S/c15-9-8-14(13(16)7-4-10-17)11-12-5-2-1-3-6-12/h1-3,5-6,15,17H,4,7-11H2. The van der Waals surface area contributed by atoms with E-state index in [4.69, 9.17) is 5.11 Å². The van der Waals surface area contributed by atoms with Crippen molar-refractivity contribution in [1.29, 1.82) is 0 Å². The molecule has 0 aliphatic heterocycles. The van der Waals surface area contributed by atoms with Crippen molar-refractivity contribution in [2.75, 3.05) is 18.9 Å². The number of amides is 1. The van der Waals surface area contributed by atoms with Gasteiger partial charge in [-0.2, -0.15) is 12.6 Å². The zero-order valence-electron chi connectivity index (χ0n) is 9.88. The minimum absolute atomic E-state index is 0.000547.